The molecule has 0 bridgehead atoms. The molecular formula is C18H32N4S. The van der Waals surface area contributed by atoms with Crippen LogP contribution < -0.4 is 0 Å². The second-order valence-electron chi connectivity index (χ2n) is 7.76. The SMILES string of the molecule is CSc1nnc([C@@H]2CCCN(C3CCC(C)CC3)C2)n1C(C)C. The van der Waals surface area contributed by atoms with Crippen molar-refractivity contribution in [2.75, 3.05) is 19.3 Å². The molecule has 0 radical (unpaired) electrons. The molecule has 3 rings (SSSR count). The third-order valence-electron chi connectivity index (χ3n) is 5.71. The first-order chi connectivity index (χ1) is 11.1. The molecule has 1 saturated carbocycles. The Hall–Kier alpha value is -0.550. The minimum absolute atomic E-state index is 0.438. The number of hydrogen-bond acceptors (Lipinski definition) is 4. The van der Waals surface area contributed by atoms with Gasteiger partial charge in [-0.2, -0.15) is 0 Å². The fourth-order valence-corrected chi connectivity index (χ4v) is 4.97. The van der Waals surface area contributed by atoms with Crippen LogP contribution in [0.15, 0.2) is 5.16 Å². The summed E-state index contributed by atoms with van der Waals surface area (Å²) in [4.78, 5) is 2.76. The maximum absolute atomic E-state index is 4.59. The van der Waals surface area contributed by atoms with Gasteiger partial charge in [-0.25, -0.2) is 0 Å². The number of aromatic nitrogens is 3. The van der Waals surface area contributed by atoms with Crippen LogP contribution >= 0.6 is 11.8 Å². The summed E-state index contributed by atoms with van der Waals surface area (Å²) in [7, 11) is 0. The quantitative estimate of drug-likeness (QED) is 0.766. The van der Waals surface area contributed by atoms with E-state index < -0.39 is 0 Å². The molecule has 1 aliphatic carbocycles. The average molecular weight is 337 g/mol. The predicted octanol–water partition coefficient (Wildman–Crippen LogP) is 4.34. The van der Waals surface area contributed by atoms with E-state index in [4.69, 9.17) is 0 Å². The lowest BCUT2D eigenvalue weighted by Gasteiger charge is -2.41. The Balaban J connectivity index is 1.72. The number of hydrogen-bond donors (Lipinski definition) is 0. The molecule has 0 amide bonds. The van der Waals surface area contributed by atoms with Crippen molar-refractivity contribution in [3.05, 3.63) is 5.82 Å². The molecule has 2 heterocycles. The van der Waals surface area contributed by atoms with Crippen molar-refractivity contribution in [1.82, 2.24) is 19.7 Å². The summed E-state index contributed by atoms with van der Waals surface area (Å²) in [5, 5.41) is 10.1. The molecule has 130 valence electrons. The fraction of sp³-hybridized carbons (Fsp3) is 0.889. The molecule has 0 aromatic carbocycles. The van der Waals surface area contributed by atoms with Gasteiger partial charge >= 0.3 is 0 Å². The van der Waals surface area contributed by atoms with E-state index in [1.807, 2.05) is 0 Å². The average Bonchev–Trinajstić information content (AvgIpc) is 3.00. The van der Waals surface area contributed by atoms with Gasteiger partial charge in [0.15, 0.2) is 5.16 Å². The highest BCUT2D eigenvalue weighted by Crippen LogP contribution is 2.34. The maximum atomic E-state index is 4.59. The van der Waals surface area contributed by atoms with E-state index in [2.05, 4.69) is 46.7 Å². The highest BCUT2D eigenvalue weighted by molar-refractivity contribution is 7.98. The van der Waals surface area contributed by atoms with Gasteiger partial charge in [-0.05, 0) is 71.1 Å². The summed E-state index contributed by atoms with van der Waals surface area (Å²) in [6.07, 6.45) is 10.3. The third kappa shape index (κ3) is 3.76. The molecule has 4 nitrogen and oxygen atoms in total. The van der Waals surface area contributed by atoms with E-state index in [1.165, 1.54) is 57.4 Å². The number of piperidine rings is 1. The molecule has 2 aliphatic rings. The summed E-state index contributed by atoms with van der Waals surface area (Å²) in [6, 6.07) is 1.25. The van der Waals surface area contributed by atoms with Crippen molar-refractivity contribution in [3.63, 3.8) is 0 Å². The van der Waals surface area contributed by atoms with Crippen LogP contribution in [-0.4, -0.2) is 45.1 Å². The summed E-state index contributed by atoms with van der Waals surface area (Å²) in [5.74, 6) is 2.71. The number of rotatable bonds is 4. The first kappa shape index (κ1) is 17.3. The summed E-state index contributed by atoms with van der Waals surface area (Å²) in [5.41, 5.74) is 0. The van der Waals surface area contributed by atoms with Crippen molar-refractivity contribution in [2.45, 2.75) is 82.5 Å². The van der Waals surface area contributed by atoms with Gasteiger partial charge in [0.25, 0.3) is 0 Å². The van der Waals surface area contributed by atoms with Crippen molar-refractivity contribution >= 4 is 11.8 Å². The van der Waals surface area contributed by atoms with Crippen LogP contribution in [0.2, 0.25) is 0 Å². The summed E-state index contributed by atoms with van der Waals surface area (Å²) < 4.78 is 2.36. The molecule has 1 atom stereocenters. The molecular weight excluding hydrogens is 304 g/mol. The highest BCUT2D eigenvalue weighted by Gasteiger charge is 2.32. The first-order valence-corrected chi connectivity index (χ1v) is 10.6. The molecule has 1 saturated heterocycles. The zero-order valence-corrected chi connectivity index (χ0v) is 16.0. The molecule has 0 spiro atoms. The van der Waals surface area contributed by atoms with Gasteiger partial charge in [-0.1, -0.05) is 18.7 Å². The van der Waals surface area contributed by atoms with Crippen molar-refractivity contribution < 1.29 is 0 Å². The minimum Gasteiger partial charge on any atom is -0.303 e. The Morgan fingerprint density at radius 1 is 1.09 bits per heavy atom. The largest absolute Gasteiger partial charge is 0.303 e. The first-order valence-electron chi connectivity index (χ1n) is 9.33. The number of thioether (sulfide) groups is 1. The van der Waals surface area contributed by atoms with E-state index in [1.54, 1.807) is 11.8 Å². The number of nitrogens with zero attached hydrogens (tertiary/aromatic N) is 4. The van der Waals surface area contributed by atoms with E-state index >= 15 is 0 Å². The Labute approximate surface area is 145 Å². The van der Waals surface area contributed by atoms with Crippen LogP contribution in [0.5, 0.6) is 0 Å². The smallest absolute Gasteiger partial charge is 0.191 e. The number of likely N-dealkylation sites (tertiary alicyclic amines) is 1. The molecule has 23 heavy (non-hydrogen) atoms. The van der Waals surface area contributed by atoms with Gasteiger partial charge in [-0.3, -0.25) is 4.90 Å². The molecule has 1 aliphatic heterocycles. The Kier molecular flexibility index (Phi) is 5.68. The van der Waals surface area contributed by atoms with Gasteiger partial charge in [0.05, 0.1) is 0 Å². The zero-order chi connectivity index (χ0) is 16.4. The van der Waals surface area contributed by atoms with Crippen molar-refractivity contribution in [2.24, 2.45) is 5.92 Å². The normalized spacial score (nSPS) is 30.0. The fourth-order valence-electron chi connectivity index (χ4n) is 4.35. The van der Waals surface area contributed by atoms with Gasteiger partial charge in [0, 0.05) is 24.5 Å². The monoisotopic (exact) mass is 336 g/mol. The molecule has 1 aromatic rings. The van der Waals surface area contributed by atoms with Crippen LogP contribution in [0, 0.1) is 5.92 Å². The molecule has 2 fully saturated rings. The maximum Gasteiger partial charge on any atom is 0.191 e. The van der Waals surface area contributed by atoms with Gasteiger partial charge in [0.2, 0.25) is 0 Å². The second kappa shape index (κ2) is 7.56. The van der Waals surface area contributed by atoms with E-state index in [9.17, 15) is 0 Å². The topological polar surface area (TPSA) is 34.0 Å². The van der Waals surface area contributed by atoms with Gasteiger partial charge in [-0.15, -0.1) is 10.2 Å². The lowest BCUT2D eigenvalue weighted by atomic mass is 9.85. The molecule has 0 N–H and O–H groups in total. The van der Waals surface area contributed by atoms with E-state index in [0.717, 1.165) is 17.1 Å². The minimum atomic E-state index is 0.438. The molecule has 5 heteroatoms. The van der Waals surface area contributed by atoms with Crippen LogP contribution in [0.3, 0.4) is 0 Å². The summed E-state index contributed by atoms with van der Waals surface area (Å²) in [6.45, 7) is 9.36. The highest BCUT2D eigenvalue weighted by atomic mass is 32.2. The van der Waals surface area contributed by atoms with Crippen LogP contribution in [0.4, 0.5) is 0 Å². The second-order valence-corrected chi connectivity index (χ2v) is 8.53. The zero-order valence-electron chi connectivity index (χ0n) is 15.2. The van der Waals surface area contributed by atoms with Crippen molar-refractivity contribution in [3.8, 4) is 0 Å². The lowest BCUT2D eigenvalue weighted by molar-refractivity contribution is 0.104. The Bertz CT molecular complexity index is 505. The molecule has 0 unspecified atom stereocenters. The van der Waals surface area contributed by atoms with Crippen LogP contribution in [0.25, 0.3) is 0 Å². The third-order valence-corrected chi connectivity index (χ3v) is 6.35. The van der Waals surface area contributed by atoms with E-state index in [0.29, 0.717) is 12.0 Å². The Morgan fingerprint density at radius 3 is 2.48 bits per heavy atom. The van der Waals surface area contributed by atoms with Gasteiger partial charge < -0.3 is 4.57 Å². The predicted molar refractivity (Wildman–Crippen MR) is 97.2 cm³/mol. The standard InChI is InChI=1S/C18H32N4S/c1-13(2)22-17(19-20-18(22)23-4)15-6-5-11-21(12-15)16-9-7-14(3)8-10-16/h13-16H,5-12H2,1-4H3/t14?,15-,16?/m1/s1. The molecule has 1 aromatic heterocycles. The Morgan fingerprint density at radius 2 is 1.83 bits per heavy atom. The van der Waals surface area contributed by atoms with Crippen LogP contribution in [-0.2, 0) is 0 Å². The van der Waals surface area contributed by atoms with Gasteiger partial charge in [0.1, 0.15) is 5.82 Å². The van der Waals surface area contributed by atoms with Crippen LogP contribution in [0.1, 0.15) is 77.1 Å². The van der Waals surface area contributed by atoms with E-state index in [-0.39, 0.29) is 0 Å². The van der Waals surface area contributed by atoms with Crippen molar-refractivity contribution in [1.29, 1.82) is 0 Å². The lowest BCUT2D eigenvalue weighted by Crippen LogP contribution is -2.44. The summed E-state index contributed by atoms with van der Waals surface area (Å²) >= 11 is 1.71.